The van der Waals surface area contributed by atoms with Gasteiger partial charge in [-0.1, -0.05) is 42.5 Å². The summed E-state index contributed by atoms with van der Waals surface area (Å²) in [5, 5.41) is 2.14. The molecular formula is C21H18O5. The molecule has 0 amide bonds. The lowest BCUT2D eigenvalue weighted by atomic mass is 10.1. The van der Waals surface area contributed by atoms with Crippen LogP contribution in [0.4, 0.5) is 0 Å². The van der Waals surface area contributed by atoms with Crippen LogP contribution in [-0.2, 0) is 20.9 Å². The van der Waals surface area contributed by atoms with Crippen LogP contribution in [0.15, 0.2) is 66.7 Å². The van der Waals surface area contributed by atoms with Gasteiger partial charge in [0.25, 0.3) is 0 Å². The molecule has 0 heterocycles. The molecule has 0 atom stereocenters. The number of esters is 2. The Bertz CT molecular complexity index is 932. The number of carbonyl (C=O) groups excluding carboxylic acids is 2. The van der Waals surface area contributed by atoms with Crippen molar-refractivity contribution in [2.24, 2.45) is 0 Å². The van der Waals surface area contributed by atoms with Crippen molar-refractivity contribution >= 4 is 22.7 Å². The maximum absolute atomic E-state index is 11.9. The third-order valence-electron chi connectivity index (χ3n) is 3.83. The Labute approximate surface area is 151 Å². The second-order valence-electron chi connectivity index (χ2n) is 5.65. The summed E-state index contributed by atoms with van der Waals surface area (Å²) in [6.07, 6.45) is 0. The fourth-order valence-corrected chi connectivity index (χ4v) is 2.51. The van der Waals surface area contributed by atoms with E-state index in [0.717, 1.165) is 10.8 Å². The predicted octanol–water partition coefficient (Wildman–Crippen LogP) is 3.75. The molecule has 132 valence electrons. The van der Waals surface area contributed by atoms with E-state index in [9.17, 15) is 9.59 Å². The van der Waals surface area contributed by atoms with E-state index in [0.29, 0.717) is 16.9 Å². The lowest BCUT2D eigenvalue weighted by Crippen LogP contribution is -2.15. The first-order valence-electron chi connectivity index (χ1n) is 8.10. The van der Waals surface area contributed by atoms with Gasteiger partial charge in [-0.2, -0.15) is 0 Å². The predicted molar refractivity (Wildman–Crippen MR) is 97.0 cm³/mol. The molecule has 0 aliphatic carbocycles. The molecule has 0 spiro atoms. The van der Waals surface area contributed by atoms with Crippen LogP contribution in [0.5, 0.6) is 5.75 Å². The molecule has 0 aromatic heterocycles. The monoisotopic (exact) mass is 350 g/mol. The number of benzene rings is 3. The zero-order chi connectivity index (χ0) is 18.4. The molecule has 0 N–H and O–H groups in total. The first kappa shape index (κ1) is 17.5. The molecule has 0 aliphatic rings. The van der Waals surface area contributed by atoms with E-state index in [-0.39, 0.29) is 13.2 Å². The summed E-state index contributed by atoms with van der Waals surface area (Å²) < 4.78 is 15.4. The molecule has 26 heavy (non-hydrogen) atoms. The lowest BCUT2D eigenvalue weighted by Gasteiger charge is -2.08. The number of ether oxygens (including phenoxy) is 3. The molecule has 5 heteroatoms. The van der Waals surface area contributed by atoms with Crippen molar-refractivity contribution < 1.29 is 23.8 Å². The van der Waals surface area contributed by atoms with Gasteiger partial charge in [0.15, 0.2) is 6.61 Å². The molecule has 0 unspecified atom stereocenters. The highest BCUT2D eigenvalue weighted by atomic mass is 16.6. The van der Waals surface area contributed by atoms with Crippen molar-refractivity contribution in [3.63, 3.8) is 0 Å². The van der Waals surface area contributed by atoms with E-state index in [4.69, 9.17) is 9.47 Å². The second kappa shape index (κ2) is 8.16. The van der Waals surface area contributed by atoms with Crippen molar-refractivity contribution in [3.8, 4) is 5.75 Å². The molecule has 3 aromatic carbocycles. The average molecular weight is 350 g/mol. The SMILES string of the molecule is COC(=O)c1cccc(COC(=O)COc2ccc3ccccc3c2)c1. The lowest BCUT2D eigenvalue weighted by molar-refractivity contribution is -0.147. The van der Waals surface area contributed by atoms with Gasteiger partial charge < -0.3 is 14.2 Å². The Morgan fingerprint density at radius 2 is 1.69 bits per heavy atom. The van der Waals surface area contributed by atoms with Crippen LogP contribution in [0.1, 0.15) is 15.9 Å². The third kappa shape index (κ3) is 4.39. The third-order valence-corrected chi connectivity index (χ3v) is 3.83. The summed E-state index contributed by atoms with van der Waals surface area (Å²) in [7, 11) is 1.32. The molecule has 0 aliphatic heterocycles. The Balaban J connectivity index is 1.53. The molecule has 0 bridgehead atoms. The Hall–Kier alpha value is -3.34. The maximum Gasteiger partial charge on any atom is 0.344 e. The van der Waals surface area contributed by atoms with Gasteiger partial charge in [-0.3, -0.25) is 0 Å². The van der Waals surface area contributed by atoms with Crippen LogP contribution in [0.25, 0.3) is 10.8 Å². The zero-order valence-corrected chi connectivity index (χ0v) is 14.3. The average Bonchev–Trinajstić information content (AvgIpc) is 2.70. The van der Waals surface area contributed by atoms with Crippen LogP contribution in [-0.4, -0.2) is 25.7 Å². The highest BCUT2D eigenvalue weighted by Crippen LogP contribution is 2.20. The van der Waals surface area contributed by atoms with E-state index in [2.05, 4.69) is 4.74 Å². The fourth-order valence-electron chi connectivity index (χ4n) is 2.51. The summed E-state index contributed by atoms with van der Waals surface area (Å²) in [5.41, 5.74) is 1.11. The summed E-state index contributed by atoms with van der Waals surface area (Å²) in [4.78, 5) is 23.4. The van der Waals surface area contributed by atoms with Gasteiger partial charge in [0.1, 0.15) is 12.4 Å². The molecule has 5 nitrogen and oxygen atoms in total. The molecule has 3 rings (SSSR count). The first-order chi connectivity index (χ1) is 12.7. The van der Waals surface area contributed by atoms with E-state index in [1.807, 2.05) is 42.5 Å². The Morgan fingerprint density at radius 3 is 2.50 bits per heavy atom. The fraction of sp³-hybridized carbons (Fsp3) is 0.143. The molecule has 0 fully saturated rings. The van der Waals surface area contributed by atoms with Gasteiger partial charge in [-0.25, -0.2) is 9.59 Å². The summed E-state index contributed by atoms with van der Waals surface area (Å²) >= 11 is 0. The largest absolute Gasteiger partial charge is 0.482 e. The van der Waals surface area contributed by atoms with E-state index >= 15 is 0 Å². The molecule has 3 aromatic rings. The van der Waals surface area contributed by atoms with Crippen LogP contribution < -0.4 is 4.74 Å². The standard InChI is InChI=1S/C21H18O5/c1-24-21(23)18-8-4-5-15(11-18)13-26-20(22)14-25-19-10-9-16-6-2-3-7-17(16)12-19/h2-12H,13-14H2,1H3. The Kier molecular flexibility index (Phi) is 5.49. The number of hydrogen-bond donors (Lipinski definition) is 0. The summed E-state index contributed by atoms with van der Waals surface area (Å²) in [5.74, 6) is -0.312. The first-order valence-corrected chi connectivity index (χ1v) is 8.10. The van der Waals surface area contributed by atoms with Gasteiger partial charge in [0.05, 0.1) is 12.7 Å². The normalized spacial score (nSPS) is 10.3. The highest BCUT2D eigenvalue weighted by Gasteiger charge is 2.08. The molecule has 0 saturated carbocycles. The van der Waals surface area contributed by atoms with Crippen LogP contribution in [0.2, 0.25) is 0 Å². The molecule has 0 saturated heterocycles. The molecular weight excluding hydrogens is 332 g/mol. The quantitative estimate of drug-likeness (QED) is 0.634. The zero-order valence-electron chi connectivity index (χ0n) is 14.3. The number of fused-ring (bicyclic) bond motifs is 1. The van der Waals surface area contributed by atoms with Crippen molar-refractivity contribution in [1.29, 1.82) is 0 Å². The highest BCUT2D eigenvalue weighted by molar-refractivity contribution is 5.89. The number of carbonyl (C=O) groups is 2. The van der Waals surface area contributed by atoms with Crippen LogP contribution in [0, 0.1) is 0 Å². The number of hydrogen-bond acceptors (Lipinski definition) is 5. The smallest absolute Gasteiger partial charge is 0.344 e. The van der Waals surface area contributed by atoms with Crippen molar-refractivity contribution in [2.45, 2.75) is 6.61 Å². The minimum atomic E-state index is -0.485. The minimum Gasteiger partial charge on any atom is -0.482 e. The topological polar surface area (TPSA) is 61.8 Å². The number of rotatable bonds is 6. The van der Waals surface area contributed by atoms with Crippen molar-refractivity contribution in [2.75, 3.05) is 13.7 Å². The summed E-state index contributed by atoms with van der Waals surface area (Å²) in [6.45, 7) is -0.125. The van der Waals surface area contributed by atoms with Crippen LogP contribution in [0.3, 0.4) is 0 Å². The van der Waals surface area contributed by atoms with Gasteiger partial charge in [-0.15, -0.1) is 0 Å². The van der Waals surface area contributed by atoms with E-state index in [1.165, 1.54) is 7.11 Å². The van der Waals surface area contributed by atoms with Gasteiger partial charge in [0.2, 0.25) is 0 Å². The van der Waals surface area contributed by atoms with Crippen molar-refractivity contribution in [3.05, 3.63) is 77.9 Å². The van der Waals surface area contributed by atoms with E-state index < -0.39 is 11.9 Å². The number of methoxy groups -OCH3 is 1. The summed E-state index contributed by atoms with van der Waals surface area (Å²) in [6, 6.07) is 20.3. The Morgan fingerprint density at radius 1 is 0.885 bits per heavy atom. The van der Waals surface area contributed by atoms with Crippen LogP contribution >= 0.6 is 0 Å². The van der Waals surface area contributed by atoms with Crippen molar-refractivity contribution in [1.82, 2.24) is 0 Å². The molecule has 0 radical (unpaired) electrons. The minimum absolute atomic E-state index is 0.0603. The van der Waals surface area contributed by atoms with Gasteiger partial charge >= 0.3 is 11.9 Å². The second-order valence-corrected chi connectivity index (χ2v) is 5.65. The van der Waals surface area contributed by atoms with E-state index in [1.54, 1.807) is 24.3 Å². The van der Waals surface area contributed by atoms with Gasteiger partial charge in [0, 0.05) is 0 Å². The van der Waals surface area contributed by atoms with Gasteiger partial charge in [-0.05, 0) is 40.6 Å². The maximum atomic E-state index is 11.9.